The zero-order valence-electron chi connectivity index (χ0n) is 16.8. The minimum atomic E-state index is 0.0472. The summed E-state index contributed by atoms with van der Waals surface area (Å²) < 4.78 is 6.66. The Balaban J connectivity index is 1.87. The number of hydrogen-bond acceptors (Lipinski definition) is 4. The van der Waals surface area contributed by atoms with Crippen molar-refractivity contribution in [3.05, 3.63) is 94.5 Å². The number of fused-ring (bicyclic) bond motifs is 1. The van der Waals surface area contributed by atoms with Crippen LogP contribution in [0.4, 0.5) is 11.4 Å². The molecule has 0 bridgehead atoms. The zero-order chi connectivity index (χ0) is 21.1. The van der Waals surface area contributed by atoms with Crippen LogP contribution in [0, 0.1) is 0 Å². The maximum atomic E-state index is 11.7. The molecule has 1 aromatic heterocycles. The van der Waals surface area contributed by atoms with Crippen LogP contribution in [0.5, 0.6) is 5.88 Å². The number of halogens is 1. The van der Waals surface area contributed by atoms with E-state index in [-0.39, 0.29) is 5.78 Å². The van der Waals surface area contributed by atoms with Crippen molar-refractivity contribution in [1.29, 1.82) is 0 Å². The van der Waals surface area contributed by atoms with E-state index in [1.165, 1.54) is 0 Å². The minimum Gasteiger partial charge on any atom is -0.479 e. The molecular weight excluding hydrogens is 440 g/mol. The summed E-state index contributed by atoms with van der Waals surface area (Å²) in [4.78, 5) is 18.6. The molecule has 5 heteroatoms. The van der Waals surface area contributed by atoms with Gasteiger partial charge in [-0.1, -0.05) is 46.3 Å². The highest BCUT2D eigenvalue weighted by atomic mass is 79.9. The molecule has 0 saturated carbocycles. The van der Waals surface area contributed by atoms with Crippen molar-refractivity contribution < 1.29 is 9.53 Å². The number of benzene rings is 3. The average Bonchev–Trinajstić information content (AvgIpc) is 2.77. The SMILES string of the molecule is COc1nc2ccc(Br)cc2cc1N(Cc1ccccc1)c1ccc(C(C)=O)cc1. The molecule has 0 amide bonds. The Hall–Kier alpha value is -3.18. The summed E-state index contributed by atoms with van der Waals surface area (Å²) in [5.41, 5.74) is 4.53. The van der Waals surface area contributed by atoms with Gasteiger partial charge in [0.2, 0.25) is 5.88 Å². The van der Waals surface area contributed by atoms with Crippen LogP contribution < -0.4 is 9.64 Å². The molecule has 30 heavy (non-hydrogen) atoms. The summed E-state index contributed by atoms with van der Waals surface area (Å²) in [5.74, 6) is 0.599. The van der Waals surface area contributed by atoms with Gasteiger partial charge in [0.25, 0.3) is 0 Å². The molecule has 1 heterocycles. The second-order valence-corrected chi connectivity index (χ2v) is 7.94. The van der Waals surface area contributed by atoms with E-state index in [1.807, 2.05) is 60.7 Å². The fourth-order valence-electron chi connectivity index (χ4n) is 3.42. The van der Waals surface area contributed by atoms with Crippen LogP contribution in [0.3, 0.4) is 0 Å². The summed E-state index contributed by atoms with van der Waals surface area (Å²) in [6.45, 7) is 2.21. The molecule has 4 rings (SSSR count). The highest BCUT2D eigenvalue weighted by molar-refractivity contribution is 9.10. The van der Waals surface area contributed by atoms with Gasteiger partial charge in [0.1, 0.15) is 5.69 Å². The standard InChI is InChI=1S/C25H21BrN2O2/c1-17(29)19-8-11-22(12-9-19)28(16-18-6-4-3-5-7-18)24-15-20-14-21(26)10-13-23(20)27-25(24)30-2/h3-15H,16H2,1-2H3. The molecule has 0 fully saturated rings. The van der Waals surface area contributed by atoms with Gasteiger partial charge < -0.3 is 9.64 Å². The molecule has 4 aromatic rings. The third-order valence-electron chi connectivity index (χ3n) is 4.98. The molecule has 150 valence electrons. The average molecular weight is 461 g/mol. The number of hydrogen-bond donors (Lipinski definition) is 0. The van der Waals surface area contributed by atoms with E-state index >= 15 is 0 Å². The van der Waals surface area contributed by atoms with Crippen LogP contribution in [0.25, 0.3) is 10.9 Å². The van der Waals surface area contributed by atoms with Gasteiger partial charge in [-0.15, -0.1) is 0 Å². The van der Waals surface area contributed by atoms with Gasteiger partial charge in [-0.2, -0.15) is 0 Å². The van der Waals surface area contributed by atoms with E-state index in [1.54, 1.807) is 14.0 Å². The number of ether oxygens (including phenoxy) is 1. The predicted octanol–water partition coefficient (Wildman–Crippen LogP) is 6.55. The number of pyridine rings is 1. The van der Waals surface area contributed by atoms with Crippen molar-refractivity contribution in [2.45, 2.75) is 13.5 Å². The highest BCUT2D eigenvalue weighted by Crippen LogP contribution is 2.37. The second-order valence-electron chi connectivity index (χ2n) is 7.03. The molecular formula is C25H21BrN2O2. The Morgan fingerprint density at radius 1 is 1.00 bits per heavy atom. The van der Waals surface area contributed by atoms with Gasteiger partial charge >= 0.3 is 0 Å². The summed E-state index contributed by atoms with van der Waals surface area (Å²) >= 11 is 3.55. The van der Waals surface area contributed by atoms with Crippen LogP contribution >= 0.6 is 15.9 Å². The van der Waals surface area contributed by atoms with Gasteiger partial charge in [-0.3, -0.25) is 4.79 Å². The second kappa shape index (κ2) is 8.67. The summed E-state index contributed by atoms with van der Waals surface area (Å²) in [7, 11) is 1.63. The third-order valence-corrected chi connectivity index (χ3v) is 5.47. The van der Waals surface area contributed by atoms with Crippen molar-refractivity contribution in [3.63, 3.8) is 0 Å². The van der Waals surface area contributed by atoms with Crippen molar-refractivity contribution in [3.8, 4) is 5.88 Å². The van der Waals surface area contributed by atoms with E-state index in [9.17, 15) is 4.79 Å². The van der Waals surface area contributed by atoms with Gasteiger partial charge in [0.15, 0.2) is 5.78 Å². The number of rotatable bonds is 6. The van der Waals surface area contributed by atoms with Crippen molar-refractivity contribution >= 4 is 44.0 Å². The number of methoxy groups -OCH3 is 1. The first kappa shape index (κ1) is 20.1. The fraction of sp³-hybridized carbons (Fsp3) is 0.120. The number of aromatic nitrogens is 1. The van der Waals surface area contributed by atoms with Crippen LogP contribution in [0.15, 0.2) is 83.3 Å². The molecule has 0 N–H and O–H groups in total. The molecule has 0 aliphatic carbocycles. The lowest BCUT2D eigenvalue weighted by Gasteiger charge is -2.27. The number of anilines is 2. The quantitative estimate of drug-likeness (QED) is 0.306. The summed E-state index contributed by atoms with van der Waals surface area (Å²) in [6, 6.07) is 26.0. The van der Waals surface area contributed by atoms with Gasteiger partial charge in [-0.25, -0.2) is 4.98 Å². The maximum absolute atomic E-state index is 11.7. The predicted molar refractivity (Wildman–Crippen MR) is 125 cm³/mol. The topological polar surface area (TPSA) is 42.4 Å². The van der Waals surface area contributed by atoms with E-state index in [0.717, 1.165) is 32.3 Å². The van der Waals surface area contributed by atoms with E-state index in [4.69, 9.17) is 9.72 Å². The van der Waals surface area contributed by atoms with Crippen LogP contribution in [0.1, 0.15) is 22.8 Å². The largest absolute Gasteiger partial charge is 0.479 e. The van der Waals surface area contributed by atoms with E-state index in [0.29, 0.717) is 18.0 Å². The van der Waals surface area contributed by atoms with E-state index in [2.05, 4.69) is 39.0 Å². The summed E-state index contributed by atoms with van der Waals surface area (Å²) in [6.07, 6.45) is 0. The minimum absolute atomic E-state index is 0.0472. The van der Waals surface area contributed by atoms with Crippen molar-refractivity contribution in [2.24, 2.45) is 0 Å². The normalized spacial score (nSPS) is 10.8. The van der Waals surface area contributed by atoms with Gasteiger partial charge in [-0.05, 0) is 61.0 Å². The molecule has 0 saturated heterocycles. The Morgan fingerprint density at radius 2 is 1.73 bits per heavy atom. The smallest absolute Gasteiger partial charge is 0.238 e. The first-order valence-electron chi connectivity index (χ1n) is 9.62. The Morgan fingerprint density at radius 3 is 2.40 bits per heavy atom. The Bertz CT molecular complexity index is 1190. The molecule has 0 unspecified atom stereocenters. The van der Waals surface area contributed by atoms with Crippen LogP contribution in [0.2, 0.25) is 0 Å². The third kappa shape index (κ3) is 4.21. The molecule has 0 atom stereocenters. The number of ketones is 1. The van der Waals surface area contributed by atoms with Crippen molar-refractivity contribution in [2.75, 3.05) is 12.0 Å². The van der Waals surface area contributed by atoms with E-state index < -0.39 is 0 Å². The van der Waals surface area contributed by atoms with Crippen molar-refractivity contribution in [1.82, 2.24) is 4.98 Å². The van der Waals surface area contributed by atoms with Gasteiger partial charge in [0.05, 0.1) is 12.6 Å². The Labute approximate surface area is 184 Å². The van der Waals surface area contributed by atoms with Gasteiger partial charge in [0, 0.05) is 27.7 Å². The molecule has 3 aromatic carbocycles. The molecule has 0 radical (unpaired) electrons. The summed E-state index contributed by atoms with van der Waals surface area (Å²) in [5, 5.41) is 1.01. The number of Topliss-reactive ketones (excluding diaryl/α,β-unsaturated/α-hetero) is 1. The molecule has 0 aliphatic rings. The first-order chi connectivity index (χ1) is 14.5. The zero-order valence-corrected chi connectivity index (χ0v) is 18.4. The molecule has 4 nitrogen and oxygen atoms in total. The number of carbonyl (C=O) groups is 1. The molecule has 0 spiro atoms. The fourth-order valence-corrected chi connectivity index (χ4v) is 3.80. The lowest BCUT2D eigenvalue weighted by molar-refractivity contribution is 0.101. The lowest BCUT2D eigenvalue weighted by Crippen LogP contribution is -2.18. The van der Waals surface area contributed by atoms with Crippen LogP contribution in [-0.2, 0) is 6.54 Å². The Kier molecular flexibility index (Phi) is 5.81. The lowest BCUT2D eigenvalue weighted by atomic mass is 10.1. The molecule has 0 aliphatic heterocycles. The van der Waals surface area contributed by atoms with Crippen LogP contribution in [-0.4, -0.2) is 17.9 Å². The first-order valence-corrected chi connectivity index (χ1v) is 10.4. The highest BCUT2D eigenvalue weighted by Gasteiger charge is 2.18. The maximum Gasteiger partial charge on any atom is 0.238 e. The number of carbonyl (C=O) groups excluding carboxylic acids is 1. The number of nitrogens with zero attached hydrogens (tertiary/aromatic N) is 2. The monoisotopic (exact) mass is 460 g/mol.